The molecule has 1 aliphatic rings. The molecule has 100 valence electrons. The van der Waals surface area contributed by atoms with E-state index in [1.54, 1.807) is 16.2 Å². The molecule has 2 atom stereocenters. The lowest BCUT2D eigenvalue weighted by Crippen LogP contribution is -2.45. The molecule has 1 saturated heterocycles. The normalized spacial score (nSPS) is 24.1. The lowest BCUT2D eigenvalue weighted by molar-refractivity contribution is 0.0974. The Morgan fingerprint density at radius 1 is 1.72 bits per heavy atom. The molecule has 0 aliphatic carbocycles. The molecule has 1 amide bonds. The molecule has 1 fully saturated rings. The minimum Gasteiger partial charge on any atom is -0.453 e. The Balaban J connectivity index is 2.09. The number of nitrogens with two attached hydrogens (primary N) is 1. The monoisotopic (exact) mass is 269 g/mol. The van der Waals surface area contributed by atoms with Gasteiger partial charge < -0.3 is 15.4 Å². The van der Waals surface area contributed by atoms with Crippen molar-refractivity contribution in [3.63, 3.8) is 0 Å². The number of ether oxygens (including phenoxy) is 1. The van der Waals surface area contributed by atoms with Gasteiger partial charge in [0, 0.05) is 30.1 Å². The summed E-state index contributed by atoms with van der Waals surface area (Å²) in [7, 11) is 1.42. The molecular formula is C12H19N3O2S. The predicted octanol–water partition coefficient (Wildman–Crippen LogP) is 1.58. The second-order valence-electron chi connectivity index (χ2n) is 4.59. The number of methoxy groups -OCH3 is 1. The summed E-state index contributed by atoms with van der Waals surface area (Å²) in [6, 6.07) is 0. The first kappa shape index (κ1) is 13.3. The van der Waals surface area contributed by atoms with Crippen LogP contribution in [0.3, 0.4) is 0 Å². The van der Waals surface area contributed by atoms with Gasteiger partial charge in [-0.3, -0.25) is 0 Å². The molecule has 0 bridgehead atoms. The van der Waals surface area contributed by atoms with Crippen LogP contribution < -0.4 is 5.73 Å². The van der Waals surface area contributed by atoms with Crippen LogP contribution in [-0.2, 0) is 4.74 Å². The van der Waals surface area contributed by atoms with Crippen LogP contribution in [0, 0.1) is 12.8 Å². The highest BCUT2D eigenvalue weighted by Gasteiger charge is 2.32. The molecule has 0 radical (unpaired) electrons. The third kappa shape index (κ3) is 2.64. The highest BCUT2D eigenvalue weighted by molar-refractivity contribution is 7.11. The number of hydrogen-bond acceptors (Lipinski definition) is 5. The number of rotatable bonds is 2. The Hall–Kier alpha value is -1.14. The van der Waals surface area contributed by atoms with Crippen LogP contribution in [0.5, 0.6) is 0 Å². The zero-order valence-corrected chi connectivity index (χ0v) is 11.6. The van der Waals surface area contributed by atoms with Crippen LogP contribution in [0.2, 0.25) is 0 Å². The number of carbonyl (C=O) groups excluding carboxylic acids is 1. The smallest absolute Gasteiger partial charge is 0.409 e. The minimum atomic E-state index is -0.257. The van der Waals surface area contributed by atoms with Gasteiger partial charge in [0.25, 0.3) is 0 Å². The minimum absolute atomic E-state index is 0.257. The van der Waals surface area contributed by atoms with Crippen molar-refractivity contribution in [1.29, 1.82) is 0 Å². The first-order valence-corrected chi connectivity index (χ1v) is 6.92. The van der Waals surface area contributed by atoms with E-state index < -0.39 is 0 Å². The van der Waals surface area contributed by atoms with Gasteiger partial charge in [-0.2, -0.15) is 0 Å². The third-order valence-electron chi connectivity index (χ3n) is 3.47. The topological polar surface area (TPSA) is 68.5 Å². The lowest BCUT2D eigenvalue weighted by atomic mass is 9.85. The summed E-state index contributed by atoms with van der Waals surface area (Å²) in [5.74, 6) is 0.708. The molecule has 5 nitrogen and oxygen atoms in total. The van der Waals surface area contributed by atoms with Crippen molar-refractivity contribution in [2.24, 2.45) is 11.7 Å². The van der Waals surface area contributed by atoms with E-state index in [4.69, 9.17) is 10.5 Å². The highest BCUT2D eigenvalue weighted by Crippen LogP contribution is 2.35. The molecule has 1 aromatic heterocycles. The van der Waals surface area contributed by atoms with Crippen molar-refractivity contribution >= 4 is 17.4 Å². The number of thiazole rings is 1. The molecular weight excluding hydrogens is 250 g/mol. The van der Waals surface area contributed by atoms with E-state index in [1.807, 2.05) is 13.1 Å². The first-order valence-electron chi connectivity index (χ1n) is 6.11. The summed E-state index contributed by atoms with van der Waals surface area (Å²) in [4.78, 5) is 18.9. The van der Waals surface area contributed by atoms with Gasteiger partial charge in [-0.15, -0.1) is 11.3 Å². The first-order chi connectivity index (χ1) is 8.65. The van der Waals surface area contributed by atoms with Gasteiger partial charge in [0.1, 0.15) is 0 Å². The van der Waals surface area contributed by atoms with E-state index in [9.17, 15) is 4.79 Å². The van der Waals surface area contributed by atoms with Crippen LogP contribution in [-0.4, -0.2) is 42.7 Å². The van der Waals surface area contributed by atoms with Crippen molar-refractivity contribution < 1.29 is 9.53 Å². The average Bonchev–Trinajstić information content (AvgIpc) is 2.83. The Morgan fingerprint density at radius 3 is 3.06 bits per heavy atom. The van der Waals surface area contributed by atoms with E-state index in [2.05, 4.69) is 4.98 Å². The highest BCUT2D eigenvalue weighted by atomic mass is 32.1. The van der Waals surface area contributed by atoms with Crippen molar-refractivity contribution in [2.45, 2.75) is 19.3 Å². The van der Waals surface area contributed by atoms with Crippen LogP contribution in [0.15, 0.2) is 6.20 Å². The van der Waals surface area contributed by atoms with Crippen molar-refractivity contribution in [3.8, 4) is 0 Å². The Bertz CT molecular complexity index is 421. The van der Waals surface area contributed by atoms with E-state index >= 15 is 0 Å². The average molecular weight is 269 g/mol. The van der Waals surface area contributed by atoms with Crippen LogP contribution in [0.4, 0.5) is 4.79 Å². The zero-order chi connectivity index (χ0) is 13.1. The van der Waals surface area contributed by atoms with Crippen LogP contribution in [0.1, 0.15) is 22.2 Å². The number of hydrogen-bond donors (Lipinski definition) is 1. The molecule has 0 spiro atoms. The fourth-order valence-corrected chi connectivity index (χ4v) is 3.50. The number of piperidine rings is 1. The summed E-state index contributed by atoms with van der Waals surface area (Å²) in [5.41, 5.74) is 5.85. The Kier molecular flexibility index (Phi) is 4.19. The van der Waals surface area contributed by atoms with Gasteiger partial charge >= 0.3 is 6.09 Å². The fourth-order valence-electron chi connectivity index (χ4n) is 2.49. The largest absolute Gasteiger partial charge is 0.453 e. The van der Waals surface area contributed by atoms with E-state index in [1.165, 1.54) is 12.0 Å². The molecule has 0 saturated carbocycles. The lowest BCUT2D eigenvalue weighted by Gasteiger charge is -2.36. The van der Waals surface area contributed by atoms with Crippen LogP contribution in [0.25, 0.3) is 0 Å². The fraction of sp³-hybridized carbons (Fsp3) is 0.667. The summed E-state index contributed by atoms with van der Waals surface area (Å²) in [5, 5.41) is 1.08. The van der Waals surface area contributed by atoms with Gasteiger partial charge in [-0.1, -0.05) is 0 Å². The number of aromatic nitrogens is 1. The van der Waals surface area contributed by atoms with Gasteiger partial charge in [0.15, 0.2) is 0 Å². The maximum Gasteiger partial charge on any atom is 0.409 e. The number of nitrogens with zero attached hydrogens (tertiary/aromatic N) is 2. The Labute approximate surface area is 111 Å². The maximum atomic E-state index is 11.5. The predicted molar refractivity (Wildman–Crippen MR) is 70.7 cm³/mol. The maximum absolute atomic E-state index is 11.5. The molecule has 2 rings (SSSR count). The van der Waals surface area contributed by atoms with Crippen LogP contribution >= 0.6 is 11.3 Å². The van der Waals surface area contributed by atoms with Gasteiger partial charge in [0.2, 0.25) is 0 Å². The molecule has 1 aromatic rings. The molecule has 2 N–H and O–H groups in total. The second-order valence-corrected chi connectivity index (χ2v) is 5.85. The molecule has 6 heteroatoms. The SMILES string of the molecule is COC(=O)N1CCC(c2cnc(C)s2)C(CN)C1. The van der Waals surface area contributed by atoms with Gasteiger partial charge in [-0.25, -0.2) is 9.78 Å². The molecule has 18 heavy (non-hydrogen) atoms. The molecule has 2 heterocycles. The van der Waals surface area contributed by atoms with Crippen molar-refractivity contribution in [2.75, 3.05) is 26.7 Å². The quantitative estimate of drug-likeness (QED) is 0.885. The number of likely N-dealkylation sites (tertiary alicyclic amines) is 1. The number of amides is 1. The number of carbonyl (C=O) groups is 1. The van der Waals surface area contributed by atoms with E-state index in [-0.39, 0.29) is 12.0 Å². The second kappa shape index (κ2) is 5.67. The summed E-state index contributed by atoms with van der Waals surface area (Å²) >= 11 is 1.73. The van der Waals surface area contributed by atoms with E-state index in [0.717, 1.165) is 18.0 Å². The summed E-state index contributed by atoms with van der Waals surface area (Å²) in [6.07, 6.45) is 2.62. The zero-order valence-electron chi connectivity index (χ0n) is 10.8. The number of aryl methyl sites for hydroxylation is 1. The Morgan fingerprint density at radius 2 is 2.50 bits per heavy atom. The van der Waals surface area contributed by atoms with E-state index in [0.29, 0.717) is 19.0 Å². The van der Waals surface area contributed by atoms with Crippen molar-refractivity contribution in [3.05, 3.63) is 16.1 Å². The summed E-state index contributed by atoms with van der Waals surface area (Å²) in [6.45, 7) is 3.99. The summed E-state index contributed by atoms with van der Waals surface area (Å²) < 4.78 is 4.76. The molecule has 2 unspecified atom stereocenters. The van der Waals surface area contributed by atoms with Crippen molar-refractivity contribution in [1.82, 2.24) is 9.88 Å². The standard InChI is InChI=1S/C12H19N3O2S/c1-8-14-6-11(18-8)10-3-4-15(12(16)17-2)7-9(10)5-13/h6,9-10H,3-5,7,13H2,1-2H3. The third-order valence-corrected chi connectivity index (χ3v) is 4.52. The molecule has 0 aromatic carbocycles. The van der Waals surface area contributed by atoms with Gasteiger partial charge in [-0.05, 0) is 25.8 Å². The van der Waals surface area contributed by atoms with Gasteiger partial charge in [0.05, 0.1) is 12.1 Å². The molecule has 1 aliphatic heterocycles.